The van der Waals surface area contributed by atoms with Crippen LogP contribution in [0.15, 0.2) is 29.1 Å². The van der Waals surface area contributed by atoms with E-state index in [0.717, 1.165) is 0 Å². The van der Waals surface area contributed by atoms with Crippen molar-refractivity contribution in [3.8, 4) is 0 Å². The van der Waals surface area contributed by atoms with E-state index >= 15 is 0 Å². The SMILES string of the molecule is Cl.NC(=O)C(N)Cc1cc2ccc(F)cc2[nH]c1=O. The third kappa shape index (κ3) is 3.30. The van der Waals surface area contributed by atoms with Gasteiger partial charge in [-0.25, -0.2) is 4.39 Å². The lowest BCUT2D eigenvalue weighted by molar-refractivity contribution is -0.119. The maximum absolute atomic E-state index is 13.0. The zero-order valence-electron chi connectivity index (χ0n) is 9.85. The standard InChI is InChI=1S/C12H12FN3O2.ClH/c13-8-2-1-6-3-7(4-9(14)11(15)17)12(18)16-10(6)5-8;/h1-3,5,9H,4,14H2,(H2,15,17)(H,16,18);1H. The van der Waals surface area contributed by atoms with E-state index in [-0.39, 0.29) is 18.8 Å². The Kier molecular flexibility index (Phi) is 4.63. The van der Waals surface area contributed by atoms with Crippen LogP contribution in [0.2, 0.25) is 0 Å². The maximum Gasteiger partial charge on any atom is 0.251 e. The molecule has 0 saturated heterocycles. The molecule has 0 spiro atoms. The molecule has 0 aliphatic rings. The number of halogens is 2. The number of hydrogen-bond donors (Lipinski definition) is 3. The smallest absolute Gasteiger partial charge is 0.251 e. The molecule has 1 unspecified atom stereocenters. The first kappa shape index (κ1) is 15.1. The van der Waals surface area contributed by atoms with Crippen LogP contribution >= 0.6 is 12.4 Å². The van der Waals surface area contributed by atoms with Crippen LogP contribution in [0, 0.1) is 5.82 Å². The molecular formula is C12H13ClFN3O2. The Labute approximate surface area is 114 Å². The first-order chi connectivity index (χ1) is 8.47. The van der Waals surface area contributed by atoms with Crippen LogP contribution in [-0.2, 0) is 11.2 Å². The van der Waals surface area contributed by atoms with E-state index in [1.165, 1.54) is 12.1 Å². The molecular weight excluding hydrogens is 273 g/mol. The number of aromatic amines is 1. The summed E-state index contributed by atoms with van der Waals surface area (Å²) in [4.78, 5) is 25.1. The average Bonchev–Trinajstić information content (AvgIpc) is 2.30. The highest BCUT2D eigenvalue weighted by molar-refractivity contribution is 5.85. The number of amides is 1. The van der Waals surface area contributed by atoms with Crippen molar-refractivity contribution >= 4 is 29.2 Å². The molecule has 1 aromatic heterocycles. The van der Waals surface area contributed by atoms with E-state index in [0.29, 0.717) is 16.5 Å². The van der Waals surface area contributed by atoms with Gasteiger partial charge in [-0.05, 0) is 29.7 Å². The molecule has 2 aromatic rings. The number of carbonyl (C=O) groups is 1. The number of aromatic nitrogens is 1. The molecule has 1 aromatic carbocycles. The first-order valence-corrected chi connectivity index (χ1v) is 5.34. The molecule has 1 atom stereocenters. The third-order valence-electron chi connectivity index (χ3n) is 2.69. The predicted molar refractivity (Wildman–Crippen MR) is 72.6 cm³/mol. The van der Waals surface area contributed by atoms with Gasteiger partial charge in [-0.3, -0.25) is 9.59 Å². The number of nitrogens with two attached hydrogens (primary N) is 2. The van der Waals surface area contributed by atoms with Gasteiger partial charge in [0, 0.05) is 12.0 Å². The van der Waals surface area contributed by atoms with Crippen molar-refractivity contribution < 1.29 is 9.18 Å². The summed E-state index contributed by atoms with van der Waals surface area (Å²) in [5.41, 5.74) is 10.9. The van der Waals surface area contributed by atoms with Gasteiger partial charge in [-0.15, -0.1) is 12.4 Å². The lowest BCUT2D eigenvalue weighted by atomic mass is 10.1. The molecule has 102 valence electrons. The lowest BCUT2D eigenvalue weighted by Gasteiger charge is -2.07. The molecule has 0 fully saturated rings. The van der Waals surface area contributed by atoms with E-state index in [1.807, 2.05) is 0 Å². The van der Waals surface area contributed by atoms with Gasteiger partial charge in [0.1, 0.15) is 5.82 Å². The third-order valence-corrected chi connectivity index (χ3v) is 2.69. The van der Waals surface area contributed by atoms with Crippen molar-refractivity contribution in [2.75, 3.05) is 0 Å². The molecule has 0 radical (unpaired) electrons. The van der Waals surface area contributed by atoms with Crippen molar-refractivity contribution in [3.05, 3.63) is 46.0 Å². The highest BCUT2D eigenvalue weighted by atomic mass is 35.5. The number of pyridine rings is 1. The summed E-state index contributed by atoms with van der Waals surface area (Å²) in [7, 11) is 0. The topological polar surface area (TPSA) is 102 Å². The second kappa shape index (κ2) is 5.81. The number of H-pyrrole nitrogens is 1. The van der Waals surface area contributed by atoms with E-state index < -0.39 is 23.3 Å². The summed E-state index contributed by atoms with van der Waals surface area (Å²) < 4.78 is 13.0. The van der Waals surface area contributed by atoms with Crippen molar-refractivity contribution in [2.45, 2.75) is 12.5 Å². The zero-order valence-corrected chi connectivity index (χ0v) is 10.7. The summed E-state index contributed by atoms with van der Waals surface area (Å²) in [6.45, 7) is 0. The number of primary amides is 1. The lowest BCUT2D eigenvalue weighted by Crippen LogP contribution is -2.39. The molecule has 0 saturated carbocycles. The van der Waals surface area contributed by atoms with Crippen molar-refractivity contribution in [2.24, 2.45) is 11.5 Å². The van der Waals surface area contributed by atoms with Gasteiger partial charge in [0.05, 0.1) is 11.6 Å². The van der Waals surface area contributed by atoms with Crippen LogP contribution in [-0.4, -0.2) is 16.9 Å². The molecule has 0 aliphatic carbocycles. The molecule has 19 heavy (non-hydrogen) atoms. The Morgan fingerprint density at radius 1 is 1.37 bits per heavy atom. The fourth-order valence-electron chi connectivity index (χ4n) is 1.71. The second-order valence-corrected chi connectivity index (χ2v) is 4.07. The first-order valence-electron chi connectivity index (χ1n) is 5.34. The Balaban J connectivity index is 0.00000180. The quantitative estimate of drug-likeness (QED) is 0.763. The van der Waals surface area contributed by atoms with Crippen LogP contribution in [0.5, 0.6) is 0 Å². The zero-order chi connectivity index (χ0) is 13.3. The summed E-state index contributed by atoms with van der Waals surface area (Å²) >= 11 is 0. The number of rotatable bonds is 3. The Hall–Kier alpha value is -1.92. The second-order valence-electron chi connectivity index (χ2n) is 4.07. The van der Waals surface area contributed by atoms with E-state index in [1.54, 1.807) is 12.1 Å². The fraction of sp³-hybridized carbons (Fsp3) is 0.167. The highest BCUT2D eigenvalue weighted by Gasteiger charge is 2.13. The van der Waals surface area contributed by atoms with Gasteiger partial charge in [0.25, 0.3) is 5.56 Å². The summed E-state index contributed by atoms with van der Waals surface area (Å²) in [6.07, 6.45) is 0.0536. The van der Waals surface area contributed by atoms with Crippen LogP contribution < -0.4 is 17.0 Å². The predicted octanol–water partition coefficient (Wildman–Crippen LogP) is 0.444. The maximum atomic E-state index is 13.0. The average molecular weight is 286 g/mol. The minimum atomic E-state index is -0.913. The van der Waals surface area contributed by atoms with Gasteiger partial charge >= 0.3 is 0 Å². The van der Waals surface area contributed by atoms with Crippen LogP contribution in [0.4, 0.5) is 4.39 Å². The number of nitrogens with one attached hydrogen (secondary N) is 1. The number of hydrogen-bond acceptors (Lipinski definition) is 3. The van der Waals surface area contributed by atoms with Gasteiger partial charge in [0.2, 0.25) is 5.91 Å². The monoisotopic (exact) mass is 285 g/mol. The molecule has 0 aliphatic heterocycles. The summed E-state index contributed by atoms with van der Waals surface area (Å²) in [6, 6.07) is 4.73. The van der Waals surface area contributed by atoms with Crippen LogP contribution in [0.3, 0.4) is 0 Å². The molecule has 2 rings (SSSR count). The number of fused-ring (bicyclic) bond motifs is 1. The van der Waals surface area contributed by atoms with Crippen molar-refractivity contribution in [3.63, 3.8) is 0 Å². The Morgan fingerprint density at radius 3 is 2.68 bits per heavy atom. The summed E-state index contributed by atoms with van der Waals surface area (Å²) in [5.74, 6) is -1.10. The molecule has 0 bridgehead atoms. The van der Waals surface area contributed by atoms with Gasteiger partial charge in [0.15, 0.2) is 0 Å². The molecule has 5 nitrogen and oxygen atoms in total. The largest absolute Gasteiger partial charge is 0.368 e. The minimum absolute atomic E-state index is 0. The normalized spacial score (nSPS) is 11.9. The molecule has 5 N–H and O–H groups in total. The Bertz CT molecular complexity index is 672. The highest BCUT2D eigenvalue weighted by Crippen LogP contribution is 2.13. The van der Waals surface area contributed by atoms with E-state index in [2.05, 4.69) is 4.98 Å². The van der Waals surface area contributed by atoms with E-state index in [4.69, 9.17) is 11.5 Å². The Morgan fingerprint density at radius 2 is 2.05 bits per heavy atom. The summed E-state index contributed by atoms with van der Waals surface area (Å²) in [5, 5.41) is 0.669. The molecule has 1 amide bonds. The van der Waals surface area contributed by atoms with Crippen LogP contribution in [0.1, 0.15) is 5.56 Å². The number of benzene rings is 1. The minimum Gasteiger partial charge on any atom is -0.368 e. The van der Waals surface area contributed by atoms with Gasteiger partial charge in [-0.2, -0.15) is 0 Å². The van der Waals surface area contributed by atoms with Crippen molar-refractivity contribution in [1.82, 2.24) is 4.98 Å². The van der Waals surface area contributed by atoms with Gasteiger partial charge < -0.3 is 16.5 Å². The van der Waals surface area contributed by atoms with E-state index in [9.17, 15) is 14.0 Å². The van der Waals surface area contributed by atoms with Crippen molar-refractivity contribution in [1.29, 1.82) is 0 Å². The number of carbonyl (C=O) groups excluding carboxylic acids is 1. The molecule has 7 heteroatoms. The fourth-order valence-corrected chi connectivity index (χ4v) is 1.71. The van der Waals surface area contributed by atoms with Gasteiger partial charge in [-0.1, -0.05) is 0 Å². The molecule has 1 heterocycles. The van der Waals surface area contributed by atoms with Crippen LogP contribution in [0.25, 0.3) is 10.9 Å².